The van der Waals surface area contributed by atoms with Gasteiger partial charge in [-0.3, -0.25) is 5.10 Å². The molecule has 0 spiro atoms. The van der Waals surface area contributed by atoms with Gasteiger partial charge in [0.25, 0.3) is 0 Å². The molecular formula is C16H12N2O3S. The summed E-state index contributed by atoms with van der Waals surface area (Å²) in [6.45, 7) is 0. The average Bonchev–Trinajstić information content (AvgIpc) is 3.12. The second-order valence-corrected chi connectivity index (χ2v) is 6.05. The van der Waals surface area contributed by atoms with Crippen LogP contribution < -0.4 is 4.74 Å². The highest BCUT2D eigenvalue weighted by Crippen LogP contribution is 2.47. The highest BCUT2D eigenvalue weighted by molar-refractivity contribution is 7.16. The van der Waals surface area contributed by atoms with Gasteiger partial charge >= 0.3 is 5.97 Å². The maximum atomic E-state index is 11.5. The van der Waals surface area contributed by atoms with Crippen molar-refractivity contribution in [3.63, 3.8) is 0 Å². The van der Waals surface area contributed by atoms with E-state index in [0.29, 0.717) is 22.1 Å². The minimum atomic E-state index is -0.910. The average molecular weight is 312 g/mol. The minimum Gasteiger partial charge on any atom is -0.477 e. The van der Waals surface area contributed by atoms with Gasteiger partial charge in [-0.25, -0.2) is 4.79 Å². The van der Waals surface area contributed by atoms with E-state index in [0.717, 1.165) is 28.8 Å². The molecule has 2 aromatic heterocycles. The molecule has 0 saturated heterocycles. The SMILES string of the molecule is O=C(O)c1sc(Oc2ccccc2)c2c1CCc1cn[nH]c1-2. The van der Waals surface area contributed by atoms with E-state index in [1.165, 1.54) is 11.3 Å². The summed E-state index contributed by atoms with van der Waals surface area (Å²) in [4.78, 5) is 11.9. The van der Waals surface area contributed by atoms with Crippen LogP contribution in [0.5, 0.6) is 10.8 Å². The number of thiophene rings is 1. The number of carbonyl (C=O) groups is 1. The highest BCUT2D eigenvalue weighted by atomic mass is 32.1. The molecule has 2 heterocycles. The molecule has 1 aromatic carbocycles. The third-order valence-corrected chi connectivity index (χ3v) is 4.83. The van der Waals surface area contributed by atoms with Crippen molar-refractivity contribution >= 4 is 17.3 Å². The molecule has 6 heteroatoms. The molecule has 4 rings (SSSR count). The number of ether oxygens (including phenoxy) is 1. The number of fused-ring (bicyclic) bond motifs is 3. The van der Waals surface area contributed by atoms with Crippen LogP contribution in [0.1, 0.15) is 20.8 Å². The molecule has 2 N–H and O–H groups in total. The normalized spacial score (nSPS) is 12.5. The second kappa shape index (κ2) is 4.99. The molecule has 0 fully saturated rings. The van der Waals surface area contributed by atoms with Gasteiger partial charge in [0.05, 0.1) is 17.5 Å². The number of aryl methyl sites for hydroxylation is 1. The first-order valence-corrected chi connectivity index (χ1v) is 7.70. The van der Waals surface area contributed by atoms with Crippen LogP contribution in [0.3, 0.4) is 0 Å². The fraction of sp³-hybridized carbons (Fsp3) is 0.125. The number of hydrogen-bond donors (Lipinski definition) is 2. The molecule has 5 nitrogen and oxygen atoms in total. The van der Waals surface area contributed by atoms with Crippen LogP contribution in [0.2, 0.25) is 0 Å². The number of benzene rings is 1. The number of aromatic carboxylic acids is 1. The Morgan fingerprint density at radius 2 is 2.09 bits per heavy atom. The molecule has 1 aliphatic carbocycles. The Morgan fingerprint density at radius 1 is 1.27 bits per heavy atom. The summed E-state index contributed by atoms with van der Waals surface area (Å²) in [5.74, 6) is -0.220. The summed E-state index contributed by atoms with van der Waals surface area (Å²) in [5.41, 5.74) is 3.64. The van der Waals surface area contributed by atoms with E-state index < -0.39 is 5.97 Å². The maximum absolute atomic E-state index is 11.5. The van der Waals surface area contributed by atoms with Crippen molar-refractivity contribution in [1.82, 2.24) is 10.2 Å². The molecule has 1 aliphatic rings. The van der Waals surface area contributed by atoms with Crippen molar-refractivity contribution in [2.45, 2.75) is 12.8 Å². The zero-order chi connectivity index (χ0) is 15.1. The van der Waals surface area contributed by atoms with E-state index in [1.54, 1.807) is 6.20 Å². The van der Waals surface area contributed by atoms with Gasteiger partial charge in [-0.15, -0.1) is 0 Å². The van der Waals surface area contributed by atoms with Crippen LogP contribution in [0.25, 0.3) is 11.3 Å². The third-order valence-electron chi connectivity index (χ3n) is 3.73. The topological polar surface area (TPSA) is 75.2 Å². The van der Waals surface area contributed by atoms with Crippen LogP contribution >= 0.6 is 11.3 Å². The number of hydrogen-bond acceptors (Lipinski definition) is 4. The van der Waals surface area contributed by atoms with Crippen LogP contribution in [-0.4, -0.2) is 21.3 Å². The van der Waals surface area contributed by atoms with E-state index in [9.17, 15) is 9.90 Å². The van der Waals surface area contributed by atoms with Gasteiger partial charge in [0.2, 0.25) is 0 Å². The summed E-state index contributed by atoms with van der Waals surface area (Å²) >= 11 is 1.18. The molecule has 0 atom stereocenters. The van der Waals surface area contributed by atoms with Crippen molar-refractivity contribution in [2.75, 3.05) is 0 Å². The zero-order valence-corrected chi connectivity index (χ0v) is 12.3. The number of carboxylic acid groups (broad SMARTS) is 1. The summed E-state index contributed by atoms with van der Waals surface area (Å²) in [6.07, 6.45) is 3.28. The lowest BCUT2D eigenvalue weighted by atomic mass is 9.92. The Balaban J connectivity index is 1.88. The van der Waals surface area contributed by atoms with Crippen molar-refractivity contribution < 1.29 is 14.6 Å². The largest absolute Gasteiger partial charge is 0.477 e. The van der Waals surface area contributed by atoms with E-state index in [-0.39, 0.29) is 0 Å². The first kappa shape index (κ1) is 13.1. The quantitative estimate of drug-likeness (QED) is 0.772. The molecule has 0 saturated carbocycles. The summed E-state index contributed by atoms with van der Waals surface area (Å²) in [7, 11) is 0. The van der Waals surface area contributed by atoms with Crippen molar-refractivity contribution in [3.8, 4) is 22.1 Å². The molecular weight excluding hydrogens is 300 g/mol. The van der Waals surface area contributed by atoms with Crippen molar-refractivity contribution in [3.05, 3.63) is 52.5 Å². The van der Waals surface area contributed by atoms with Gasteiger partial charge < -0.3 is 9.84 Å². The van der Waals surface area contributed by atoms with Crippen molar-refractivity contribution in [1.29, 1.82) is 0 Å². The lowest BCUT2D eigenvalue weighted by Gasteiger charge is -2.14. The number of aromatic nitrogens is 2. The standard InChI is InChI=1S/C16H12N2O3S/c19-15(20)14-11-7-6-9-8-17-18-13(9)12(11)16(22-14)21-10-4-2-1-3-5-10/h1-5,8H,6-7H2,(H,17,18)(H,19,20). The Hall–Kier alpha value is -2.60. The van der Waals surface area contributed by atoms with E-state index in [1.807, 2.05) is 30.3 Å². The van der Waals surface area contributed by atoms with Gasteiger partial charge in [0.1, 0.15) is 10.6 Å². The number of nitrogens with one attached hydrogen (secondary N) is 1. The van der Waals surface area contributed by atoms with Crippen LogP contribution in [0, 0.1) is 0 Å². The number of para-hydroxylation sites is 1. The number of rotatable bonds is 3. The number of aromatic amines is 1. The van der Waals surface area contributed by atoms with Gasteiger partial charge in [0.15, 0.2) is 5.06 Å². The van der Waals surface area contributed by atoms with Gasteiger partial charge in [-0.2, -0.15) is 5.10 Å². The molecule has 3 aromatic rings. The predicted molar refractivity (Wildman–Crippen MR) is 82.8 cm³/mol. The predicted octanol–water partition coefficient (Wildman–Crippen LogP) is 3.73. The molecule has 0 aliphatic heterocycles. The van der Waals surface area contributed by atoms with E-state index in [2.05, 4.69) is 10.2 Å². The van der Waals surface area contributed by atoms with Gasteiger partial charge in [-0.1, -0.05) is 29.5 Å². The Kier molecular flexibility index (Phi) is 2.97. The molecule has 110 valence electrons. The summed E-state index contributed by atoms with van der Waals surface area (Å²) in [6, 6.07) is 9.38. The second-order valence-electron chi connectivity index (χ2n) is 5.06. The first-order chi connectivity index (χ1) is 10.7. The van der Waals surface area contributed by atoms with Crippen LogP contribution in [0.15, 0.2) is 36.5 Å². The number of nitrogens with zero attached hydrogens (tertiary/aromatic N) is 1. The van der Waals surface area contributed by atoms with E-state index in [4.69, 9.17) is 4.74 Å². The molecule has 0 amide bonds. The first-order valence-electron chi connectivity index (χ1n) is 6.88. The number of carboxylic acids is 1. The summed E-state index contributed by atoms with van der Waals surface area (Å²) in [5, 5.41) is 17.1. The van der Waals surface area contributed by atoms with Crippen molar-refractivity contribution in [2.24, 2.45) is 0 Å². The Labute approximate surface area is 130 Å². The fourth-order valence-corrected chi connectivity index (χ4v) is 3.82. The van der Waals surface area contributed by atoms with Gasteiger partial charge in [0, 0.05) is 0 Å². The molecule has 0 bridgehead atoms. The summed E-state index contributed by atoms with van der Waals surface area (Å²) < 4.78 is 5.94. The van der Waals surface area contributed by atoms with E-state index >= 15 is 0 Å². The Bertz CT molecular complexity index is 852. The Morgan fingerprint density at radius 3 is 2.86 bits per heavy atom. The zero-order valence-electron chi connectivity index (χ0n) is 11.5. The van der Waals surface area contributed by atoms with Crippen LogP contribution in [0.4, 0.5) is 0 Å². The lowest BCUT2D eigenvalue weighted by molar-refractivity contribution is 0.0701. The molecule has 22 heavy (non-hydrogen) atoms. The minimum absolute atomic E-state index is 0.348. The van der Waals surface area contributed by atoms with Crippen LogP contribution in [-0.2, 0) is 12.8 Å². The monoisotopic (exact) mass is 312 g/mol. The van der Waals surface area contributed by atoms with Gasteiger partial charge in [-0.05, 0) is 36.1 Å². The third kappa shape index (κ3) is 2.00. The maximum Gasteiger partial charge on any atom is 0.346 e. The fourth-order valence-electron chi connectivity index (χ4n) is 2.75. The lowest BCUT2D eigenvalue weighted by Crippen LogP contribution is -2.05. The molecule has 0 radical (unpaired) electrons. The number of H-pyrrole nitrogens is 1. The smallest absolute Gasteiger partial charge is 0.346 e. The highest BCUT2D eigenvalue weighted by Gasteiger charge is 2.30. The molecule has 0 unspecified atom stereocenters.